The van der Waals surface area contributed by atoms with E-state index in [2.05, 4.69) is 0 Å². The molecule has 2 N–H and O–H groups in total. The number of benzene rings is 1. The molecule has 0 spiro atoms. The van der Waals surface area contributed by atoms with Crippen LogP contribution in [-0.2, 0) is 6.42 Å². The van der Waals surface area contributed by atoms with Crippen LogP contribution in [0.1, 0.15) is 17.2 Å². The minimum absolute atomic E-state index is 0.0362. The highest BCUT2D eigenvalue weighted by atomic mass is 16.5. The summed E-state index contributed by atoms with van der Waals surface area (Å²) in [6, 6.07) is 9.79. The number of ether oxygens (including phenoxy) is 1. The van der Waals surface area contributed by atoms with E-state index in [0.717, 1.165) is 23.3 Å². The van der Waals surface area contributed by atoms with Gasteiger partial charge in [-0.3, -0.25) is 0 Å². The van der Waals surface area contributed by atoms with Crippen LogP contribution in [0.4, 0.5) is 0 Å². The predicted octanol–water partition coefficient (Wildman–Crippen LogP) is 2.53. The fourth-order valence-electron chi connectivity index (χ4n) is 1.66. The van der Waals surface area contributed by atoms with Crippen LogP contribution in [0, 0.1) is 0 Å². The smallest absolute Gasteiger partial charge is 0.119 e. The fourth-order valence-corrected chi connectivity index (χ4v) is 1.66. The van der Waals surface area contributed by atoms with Gasteiger partial charge < -0.3 is 14.9 Å². The highest BCUT2D eigenvalue weighted by Gasteiger charge is 2.08. The standard InChI is InChI=1S/C13H15NO2/c1-15-12-4-2-3-10(7-12)8-13(14)11-5-6-16-9-11/h2-7,9,13H,8,14H2,1H3. The molecule has 0 amide bonds. The first-order chi connectivity index (χ1) is 7.79. The Morgan fingerprint density at radius 3 is 2.94 bits per heavy atom. The van der Waals surface area contributed by atoms with Crippen LogP contribution in [0.15, 0.2) is 47.3 Å². The maximum Gasteiger partial charge on any atom is 0.119 e. The molecule has 2 aromatic rings. The van der Waals surface area contributed by atoms with Crippen LogP contribution in [0.25, 0.3) is 0 Å². The van der Waals surface area contributed by atoms with Gasteiger partial charge in [-0.2, -0.15) is 0 Å². The second kappa shape index (κ2) is 4.86. The van der Waals surface area contributed by atoms with Gasteiger partial charge in [-0.15, -0.1) is 0 Å². The maximum absolute atomic E-state index is 6.06. The molecule has 3 nitrogen and oxygen atoms in total. The monoisotopic (exact) mass is 217 g/mol. The first kappa shape index (κ1) is 10.8. The van der Waals surface area contributed by atoms with Crippen molar-refractivity contribution in [2.45, 2.75) is 12.5 Å². The molecule has 1 aromatic heterocycles. The van der Waals surface area contributed by atoms with E-state index in [1.807, 2.05) is 30.3 Å². The highest BCUT2D eigenvalue weighted by Crippen LogP contribution is 2.19. The van der Waals surface area contributed by atoms with Crippen LogP contribution in [-0.4, -0.2) is 7.11 Å². The van der Waals surface area contributed by atoms with Crippen LogP contribution in [0.5, 0.6) is 5.75 Å². The molecule has 0 saturated carbocycles. The van der Waals surface area contributed by atoms with E-state index in [1.54, 1.807) is 19.6 Å². The number of rotatable bonds is 4. The average Bonchev–Trinajstić information content (AvgIpc) is 2.83. The molecule has 16 heavy (non-hydrogen) atoms. The van der Waals surface area contributed by atoms with Crippen molar-refractivity contribution in [3.8, 4) is 5.75 Å². The molecular weight excluding hydrogens is 202 g/mol. The van der Waals surface area contributed by atoms with Crippen LogP contribution >= 0.6 is 0 Å². The van der Waals surface area contributed by atoms with E-state index in [9.17, 15) is 0 Å². The van der Waals surface area contributed by atoms with Crippen LogP contribution < -0.4 is 10.5 Å². The first-order valence-electron chi connectivity index (χ1n) is 5.20. The first-order valence-corrected chi connectivity index (χ1v) is 5.20. The number of hydrogen-bond acceptors (Lipinski definition) is 3. The van der Waals surface area contributed by atoms with E-state index in [0.29, 0.717) is 0 Å². The summed E-state index contributed by atoms with van der Waals surface area (Å²) in [5, 5.41) is 0. The van der Waals surface area contributed by atoms with Crippen LogP contribution in [0.3, 0.4) is 0 Å². The Kier molecular flexibility index (Phi) is 3.27. The lowest BCUT2D eigenvalue weighted by atomic mass is 10.0. The lowest BCUT2D eigenvalue weighted by molar-refractivity contribution is 0.414. The number of furan rings is 1. The topological polar surface area (TPSA) is 48.4 Å². The molecule has 84 valence electrons. The number of methoxy groups -OCH3 is 1. The molecular formula is C13H15NO2. The van der Waals surface area contributed by atoms with Crippen molar-refractivity contribution < 1.29 is 9.15 Å². The quantitative estimate of drug-likeness (QED) is 0.856. The summed E-state index contributed by atoms with van der Waals surface area (Å²) in [5.74, 6) is 0.858. The van der Waals surface area contributed by atoms with Gasteiger partial charge in [-0.25, -0.2) is 0 Å². The third kappa shape index (κ3) is 2.44. The molecule has 0 aliphatic heterocycles. The summed E-state index contributed by atoms with van der Waals surface area (Å²) in [7, 11) is 1.66. The van der Waals surface area contributed by atoms with Crippen molar-refractivity contribution in [1.29, 1.82) is 0 Å². The third-order valence-electron chi connectivity index (χ3n) is 2.56. The fraction of sp³-hybridized carbons (Fsp3) is 0.231. The van der Waals surface area contributed by atoms with Gasteiger partial charge in [0.15, 0.2) is 0 Å². The van der Waals surface area contributed by atoms with E-state index in [1.165, 1.54) is 0 Å². The molecule has 1 heterocycles. The second-order valence-electron chi connectivity index (χ2n) is 3.72. The average molecular weight is 217 g/mol. The van der Waals surface area contributed by atoms with Gasteiger partial charge in [0, 0.05) is 11.6 Å². The van der Waals surface area contributed by atoms with E-state index >= 15 is 0 Å². The Bertz CT molecular complexity index is 437. The maximum atomic E-state index is 6.06. The lowest BCUT2D eigenvalue weighted by Crippen LogP contribution is -2.12. The number of nitrogens with two attached hydrogens (primary N) is 1. The molecule has 3 heteroatoms. The minimum Gasteiger partial charge on any atom is -0.497 e. The van der Waals surface area contributed by atoms with Gasteiger partial charge in [-0.05, 0) is 30.2 Å². The van der Waals surface area contributed by atoms with Crippen molar-refractivity contribution in [1.82, 2.24) is 0 Å². The van der Waals surface area contributed by atoms with Crippen LogP contribution in [0.2, 0.25) is 0 Å². The number of hydrogen-bond donors (Lipinski definition) is 1. The SMILES string of the molecule is COc1cccc(CC(N)c2ccoc2)c1. The molecule has 0 bridgehead atoms. The van der Waals surface area contributed by atoms with E-state index in [4.69, 9.17) is 14.9 Å². The van der Waals surface area contributed by atoms with E-state index in [-0.39, 0.29) is 6.04 Å². The Labute approximate surface area is 94.8 Å². The van der Waals surface area contributed by atoms with Gasteiger partial charge in [0.2, 0.25) is 0 Å². The summed E-state index contributed by atoms with van der Waals surface area (Å²) in [6.45, 7) is 0. The minimum atomic E-state index is -0.0362. The zero-order valence-electron chi connectivity index (χ0n) is 9.22. The molecule has 1 aromatic carbocycles. The lowest BCUT2D eigenvalue weighted by Gasteiger charge is -2.10. The van der Waals surface area contributed by atoms with Gasteiger partial charge in [0.05, 0.1) is 19.6 Å². The Morgan fingerprint density at radius 2 is 2.25 bits per heavy atom. The molecule has 1 atom stereocenters. The summed E-state index contributed by atoms with van der Waals surface area (Å²) >= 11 is 0. The molecule has 0 fully saturated rings. The zero-order chi connectivity index (χ0) is 11.4. The largest absolute Gasteiger partial charge is 0.497 e. The second-order valence-corrected chi connectivity index (χ2v) is 3.72. The summed E-state index contributed by atoms with van der Waals surface area (Å²) in [4.78, 5) is 0. The highest BCUT2D eigenvalue weighted by molar-refractivity contribution is 5.30. The summed E-state index contributed by atoms with van der Waals surface area (Å²) in [5.41, 5.74) is 8.24. The summed E-state index contributed by atoms with van der Waals surface area (Å²) in [6.07, 6.45) is 4.10. The zero-order valence-corrected chi connectivity index (χ0v) is 9.22. The Morgan fingerprint density at radius 1 is 1.38 bits per heavy atom. The Hall–Kier alpha value is -1.74. The Balaban J connectivity index is 2.08. The predicted molar refractivity (Wildman–Crippen MR) is 62.3 cm³/mol. The molecule has 1 unspecified atom stereocenters. The van der Waals surface area contributed by atoms with Gasteiger partial charge in [0.25, 0.3) is 0 Å². The normalized spacial score (nSPS) is 12.4. The van der Waals surface area contributed by atoms with Gasteiger partial charge >= 0.3 is 0 Å². The van der Waals surface area contributed by atoms with Gasteiger partial charge in [0.1, 0.15) is 5.75 Å². The molecule has 2 rings (SSSR count). The molecule has 0 radical (unpaired) electrons. The van der Waals surface area contributed by atoms with Crippen molar-refractivity contribution in [2.24, 2.45) is 5.73 Å². The van der Waals surface area contributed by atoms with Crippen molar-refractivity contribution in [3.63, 3.8) is 0 Å². The molecule has 0 aliphatic carbocycles. The summed E-state index contributed by atoms with van der Waals surface area (Å²) < 4.78 is 10.2. The van der Waals surface area contributed by atoms with E-state index < -0.39 is 0 Å². The van der Waals surface area contributed by atoms with Crippen molar-refractivity contribution in [3.05, 3.63) is 54.0 Å². The van der Waals surface area contributed by atoms with Gasteiger partial charge in [-0.1, -0.05) is 12.1 Å². The third-order valence-corrected chi connectivity index (χ3v) is 2.56. The van der Waals surface area contributed by atoms with Crippen molar-refractivity contribution in [2.75, 3.05) is 7.11 Å². The molecule has 0 saturated heterocycles. The van der Waals surface area contributed by atoms with Crippen molar-refractivity contribution >= 4 is 0 Å². The molecule has 0 aliphatic rings.